The number of hydrogen-bond donors (Lipinski definition) is 1. The van der Waals surface area contributed by atoms with E-state index in [0.717, 1.165) is 11.3 Å². The van der Waals surface area contributed by atoms with Gasteiger partial charge in [-0.3, -0.25) is 0 Å². The third-order valence-corrected chi connectivity index (χ3v) is 5.11. The van der Waals surface area contributed by atoms with Crippen molar-refractivity contribution in [1.82, 2.24) is 4.31 Å². The predicted molar refractivity (Wildman–Crippen MR) is 80.7 cm³/mol. The van der Waals surface area contributed by atoms with Crippen molar-refractivity contribution in [3.8, 4) is 0 Å². The summed E-state index contributed by atoms with van der Waals surface area (Å²) in [6.45, 7) is 3.85. The standard InChI is InChI=1S/C13H19ClN2O3S/c1-10(17)11-3-4-13(12(14)9-11)15-5-7-16(8-6-15)20(2,18)19/h3-4,9-10,17H,5-8H2,1-2H3/t10-/m0/s1. The molecule has 0 unspecified atom stereocenters. The molecule has 20 heavy (non-hydrogen) atoms. The van der Waals surface area contributed by atoms with Crippen molar-refractivity contribution < 1.29 is 13.5 Å². The summed E-state index contributed by atoms with van der Waals surface area (Å²) in [5.41, 5.74) is 1.65. The molecule has 5 nitrogen and oxygen atoms in total. The van der Waals surface area contributed by atoms with E-state index >= 15 is 0 Å². The van der Waals surface area contributed by atoms with Gasteiger partial charge in [-0.2, -0.15) is 4.31 Å². The Kier molecular flexibility index (Phi) is 4.59. The van der Waals surface area contributed by atoms with E-state index in [1.54, 1.807) is 13.0 Å². The van der Waals surface area contributed by atoms with E-state index in [-0.39, 0.29) is 0 Å². The Morgan fingerprint density at radius 2 is 1.85 bits per heavy atom. The number of rotatable bonds is 3. The molecule has 0 saturated carbocycles. The fourth-order valence-electron chi connectivity index (χ4n) is 2.30. The van der Waals surface area contributed by atoms with E-state index < -0.39 is 16.1 Å². The summed E-state index contributed by atoms with van der Waals surface area (Å²) in [5, 5.41) is 10.1. The van der Waals surface area contributed by atoms with Crippen LogP contribution in [0.5, 0.6) is 0 Å². The van der Waals surface area contributed by atoms with Gasteiger partial charge >= 0.3 is 0 Å². The molecule has 0 radical (unpaired) electrons. The van der Waals surface area contributed by atoms with Gasteiger partial charge < -0.3 is 10.0 Å². The number of piperazine rings is 1. The number of nitrogens with zero attached hydrogens (tertiary/aromatic N) is 2. The van der Waals surface area contributed by atoms with Crippen LogP contribution < -0.4 is 4.90 Å². The van der Waals surface area contributed by atoms with Gasteiger partial charge in [0, 0.05) is 26.2 Å². The minimum atomic E-state index is -3.12. The van der Waals surface area contributed by atoms with Crippen molar-refractivity contribution in [1.29, 1.82) is 0 Å². The minimum Gasteiger partial charge on any atom is -0.389 e. The topological polar surface area (TPSA) is 60.9 Å². The summed E-state index contributed by atoms with van der Waals surface area (Å²) < 4.78 is 24.4. The lowest BCUT2D eigenvalue weighted by Crippen LogP contribution is -2.48. The fourth-order valence-corrected chi connectivity index (χ4v) is 3.44. The van der Waals surface area contributed by atoms with Gasteiger partial charge in [0.15, 0.2) is 0 Å². The first-order chi connectivity index (χ1) is 9.29. The molecule has 1 aliphatic rings. The van der Waals surface area contributed by atoms with Crippen LogP contribution >= 0.6 is 11.6 Å². The fraction of sp³-hybridized carbons (Fsp3) is 0.538. The number of anilines is 1. The van der Waals surface area contributed by atoms with Crippen molar-refractivity contribution in [2.45, 2.75) is 13.0 Å². The average Bonchev–Trinajstić information content (AvgIpc) is 2.37. The van der Waals surface area contributed by atoms with Gasteiger partial charge in [0.25, 0.3) is 0 Å². The zero-order valence-corrected chi connectivity index (χ0v) is 13.2. The second kappa shape index (κ2) is 5.89. The molecule has 1 fully saturated rings. The zero-order chi connectivity index (χ0) is 14.9. The Morgan fingerprint density at radius 3 is 2.30 bits per heavy atom. The summed E-state index contributed by atoms with van der Waals surface area (Å²) in [5.74, 6) is 0. The average molecular weight is 319 g/mol. The first kappa shape index (κ1) is 15.6. The van der Waals surface area contributed by atoms with E-state index in [0.29, 0.717) is 31.2 Å². The Hall–Kier alpha value is -0.820. The highest BCUT2D eigenvalue weighted by Crippen LogP contribution is 2.29. The Balaban J connectivity index is 2.11. The lowest BCUT2D eigenvalue weighted by Gasteiger charge is -2.35. The van der Waals surface area contributed by atoms with Crippen molar-refractivity contribution >= 4 is 27.3 Å². The van der Waals surface area contributed by atoms with Crippen LogP contribution in [0.25, 0.3) is 0 Å². The normalized spacial score (nSPS) is 19.1. The Morgan fingerprint density at radius 1 is 1.25 bits per heavy atom. The molecule has 0 aromatic heterocycles. The van der Waals surface area contributed by atoms with Gasteiger partial charge in [-0.1, -0.05) is 17.7 Å². The first-order valence-electron chi connectivity index (χ1n) is 6.46. The Bertz CT molecular complexity index is 581. The van der Waals surface area contributed by atoms with Crippen LogP contribution in [0.4, 0.5) is 5.69 Å². The van der Waals surface area contributed by atoms with Crippen molar-refractivity contribution in [2.24, 2.45) is 0 Å². The second-order valence-electron chi connectivity index (χ2n) is 5.04. The molecule has 1 aromatic rings. The summed E-state index contributed by atoms with van der Waals surface area (Å²) >= 11 is 6.25. The maximum Gasteiger partial charge on any atom is 0.211 e. The molecule has 1 N–H and O–H groups in total. The third-order valence-electron chi connectivity index (χ3n) is 3.50. The molecule has 1 atom stereocenters. The molecule has 2 rings (SSSR count). The highest BCUT2D eigenvalue weighted by molar-refractivity contribution is 7.88. The predicted octanol–water partition coefficient (Wildman–Crippen LogP) is 1.47. The molecule has 112 valence electrons. The van der Waals surface area contributed by atoms with Crippen LogP contribution in [0.3, 0.4) is 0 Å². The molecule has 0 bridgehead atoms. The maximum atomic E-state index is 11.5. The van der Waals surface area contributed by atoms with Gasteiger partial charge in [0.2, 0.25) is 10.0 Å². The summed E-state index contributed by atoms with van der Waals surface area (Å²) in [4.78, 5) is 2.07. The van der Waals surface area contributed by atoms with Crippen molar-refractivity contribution in [3.63, 3.8) is 0 Å². The van der Waals surface area contributed by atoms with E-state index in [9.17, 15) is 13.5 Å². The highest BCUT2D eigenvalue weighted by atomic mass is 35.5. The molecule has 1 aromatic carbocycles. The number of halogens is 1. The van der Waals surface area contributed by atoms with Gasteiger partial charge in [-0.25, -0.2) is 8.42 Å². The van der Waals surface area contributed by atoms with Gasteiger partial charge in [0.05, 0.1) is 23.1 Å². The smallest absolute Gasteiger partial charge is 0.211 e. The van der Waals surface area contributed by atoms with E-state index in [1.165, 1.54) is 10.6 Å². The van der Waals surface area contributed by atoms with Crippen LogP contribution in [0.2, 0.25) is 5.02 Å². The SMILES string of the molecule is C[C@H](O)c1ccc(N2CCN(S(C)(=O)=O)CC2)c(Cl)c1. The number of benzene rings is 1. The molecule has 0 aliphatic carbocycles. The summed E-state index contributed by atoms with van der Waals surface area (Å²) in [7, 11) is -3.12. The third kappa shape index (κ3) is 3.44. The first-order valence-corrected chi connectivity index (χ1v) is 8.69. The van der Waals surface area contributed by atoms with Crippen LogP contribution in [-0.4, -0.2) is 50.3 Å². The largest absolute Gasteiger partial charge is 0.389 e. The summed E-state index contributed by atoms with van der Waals surface area (Å²) in [6, 6.07) is 5.47. The van der Waals surface area contributed by atoms with E-state index in [4.69, 9.17) is 11.6 Å². The van der Waals surface area contributed by atoms with Crippen LogP contribution in [0, 0.1) is 0 Å². The molecular weight excluding hydrogens is 300 g/mol. The molecule has 0 spiro atoms. The summed E-state index contributed by atoms with van der Waals surface area (Å²) in [6.07, 6.45) is 0.677. The van der Waals surface area contributed by atoms with Crippen LogP contribution in [0.1, 0.15) is 18.6 Å². The number of sulfonamides is 1. The number of hydrogen-bond acceptors (Lipinski definition) is 4. The van der Waals surface area contributed by atoms with Gasteiger partial charge in [-0.15, -0.1) is 0 Å². The molecular formula is C13H19ClN2O3S. The van der Waals surface area contributed by atoms with Gasteiger partial charge in [0.1, 0.15) is 0 Å². The lowest BCUT2D eigenvalue weighted by atomic mass is 10.1. The van der Waals surface area contributed by atoms with E-state index in [2.05, 4.69) is 4.90 Å². The van der Waals surface area contributed by atoms with Crippen LogP contribution in [-0.2, 0) is 10.0 Å². The molecule has 1 saturated heterocycles. The van der Waals surface area contributed by atoms with Crippen LogP contribution in [0.15, 0.2) is 18.2 Å². The van der Waals surface area contributed by atoms with Crippen molar-refractivity contribution in [3.05, 3.63) is 28.8 Å². The van der Waals surface area contributed by atoms with Gasteiger partial charge in [-0.05, 0) is 24.6 Å². The lowest BCUT2D eigenvalue weighted by molar-refractivity contribution is 0.199. The monoisotopic (exact) mass is 318 g/mol. The second-order valence-corrected chi connectivity index (χ2v) is 7.43. The quantitative estimate of drug-likeness (QED) is 0.917. The van der Waals surface area contributed by atoms with Crippen molar-refractivity contribution in [2.75, 3.05) is 37.3 Å². The zero-order valence-electron chi connectivity index (χ0n) is 11.6. The minimum absolute atomic E-state index is 0.466. The highest BCUT2D eigenvalue weighted by Gasteiger charge is 2.24. The molecule has 1 heterocycles. The Labute approximate surface area is 124 Å². The molecule has 1 aliphatic heterocycles. The number of aliphatic hydroxyl groups is 1. The molecule has 7 heteroatoms. The number of aliphatic hydroxyl groups excluding tert-OH is 1. The van der Waals surface area contributed by atoms with E-state index in [1.807, 2.05) is 12.1 Å². The molecule has 0 amide bonds. The maximum absolute atomic E-state index is 11.5.